The van der Waals surface area contributed by atoms with Gasteiger partial charge in [0.15, 0.2) is 0 Å². The molecule has 0 N–H and O–H groups in total. The van der Waals surface area contributed by atoms with Crippen LogP contribution in [0.1, 0.15) is 19.8 Å². The number of unbranched alkanes of at least 4 members (excludes halogenated alkanes) is 1. The fourth-order valence-corrected chi connectivity index (χ4v) is 1.34. The molecule has 58 valence electrons. The van der Waals surface area contributed by atoms with Crippen molar-refractivity contribution in [2.24, 2.45) is 0 Å². The largest absolute Gasteiger partial charge is 0.295 e. The number of hydrogen-bond donors (Lipinski definition) is 0. The summed E-state index contributed by atoms with van der Waals surface area (Å²) in [4.78, 5) is 2.47. The molecule has 2 heteroatoms. The summed E-state index contributed by atoms with van der Waals surface area (Å²) in [5.41, 5.74) is 1.52. The second-order valence-corrected chi connectivity index (χ2v) is 3.16. The van der Waals surface area contributed by atoms with Crippen molar-refractivity contribution in [1.29, 1.82) is 0 Å². The van der Waals surface area contributed by atoms with Crippen LogP contribution in [0.3, 0.4) is 0 Å². The van der Waals surface area contributed by atoms with Crippen molar-refractivity contribution < 1.29 is 0 Å². The van der Waals surface area contributed by atoms with Crippen molar-refractivity contribution in [3.05, 3.63) is 11.0 Å². The van der Waals surface area contributed by atoms with Gasteiger partial charge in [-0.1, -0.05) is 13.3 Å². The quantitative estimate of drug-likeness (QED) is 0.554. The van der Waals surface area contributed by atoms with E-state index in [2.05, 4.69) is 24.5 Å². The maximum Gasteiger partial charge on any atom is 0.116 e. The van der Waals surface area contributed by atoms with Crippen LogP contribution in [-0.2, 0) is 12.6 Å². The highest BCUT2D eigenvalue weighted by atomic mass is 32.1. The van der Waals surface area contributed by atoms with Crippen LogP contribution in [0.25, 0.3) is 0 Å². The van der Waals surface area contributed by atoms with Crippen LogP contribution in [0.15, 0.2) is 11.0 Å². The summed E-state index contributed by atoms with van der Waals surface area (Å²) in [6.07, 6.45) is 2.65. The highest BCUT2D eigenvalue weighted by molar-refractivity contribution is 7.62. The van der Waals surface area contributed by atoms with Crippen LogP contribution >= 0.6 is 0 Å². The minimum absolute atomic E-state index is 1.18. The van der Waals surface area contributed by atoms with E-state index >= 15 is 0 Å². The molecule has 0 unspecified atom stereocenters. The fraction of sp³-hybridized carbons (Fsp3) is 0.750. The molecule has 0 radical (unpaired) electrons. The molecule has 10 heavy (non-hydrogen) atoms. The lowest BCUT2D eigenvalue weighted by atomic mass is 10.1. The van der Waals surface area contributed by atoms with Crippen LogP contribution in [0.4, 0.5) is 0 Å². The van der Waals surface area contributed by atoms with E-state index in [0.29, 0.717) is 0 Å². The van der Waals surface area contributed by atoms with Gasteiger partial charge in [-0.3, -0.25) is 4.90 Å². The molecule has 1 rings (SSSR count). The number of rotatable bonds is 3. The molecule has 0 spiro atoms. The second-order valence-electron chi connectivity index (χ2n) is 2.87. The van der Waals surface area contributed by atoms with Crippen molar-refractivity contribution in [3.8, 4) is 0 Å². The van der Waals surface area contributed by atoms with E-state index in [1.54, 1.807) is 0 Å². The van der Waals surface area contributed by atoms with E-state index in [1.807, 2.05) is 5.41 Å². The monoisotopic (exact) mass is 158 g/mol. The summed E-state index contributed by atoms with van der Waals surface area (Å²) in [6, 6.07) is 0. The minimum atomic E-state index is 1.18. The van der Waals surface area contributed by atoms with Gasteiger partial charge in [0, 0.05) is 18.7 Å². The Hall–Kier alpha value is 0.0500. The summed E-state index contributed by atoms with van der Waals surface area (Å²) in [6.45, 7) is 5.88. The maximum absolute atomic E-state index is 3.38. The molecule has 0 amide bonds. The van der Waals surface area contributed by atoms with Crippen LogP contribution < -0.4 is 0 Å². The minimum Gasteiger partial charge on any atom is -0.295 e. The van der Waals surface area contributed by atoms with Gasteiger partial charge < -0.3 is 0 Å². The SMILES string of the molecule is CCCCN1CC(=C[SH2+])C1. The molecule has 0 saturated carbocycles. The number of nitrogens with zero attached hydrogens (tertiary/aromatic N) is 1. The number of hydrogen-bond acceptors (Lipinski definition) is 1. The Labute approximate surface area is 68.5 Å². The molecule has 0 bridgehead atoms. The Morgan fingerprint density at radius 1 is 1.60 bits per heavy atom. The highest BCUT2D eigenvalue weighted by Crippen LogP contribution is 2.13. The van der Waals surface area contributed by atoms with E-state index in [9.17, 15) is 0 Å². The summed E-state index contributed by atoms with van der Waals surface area (Å²) >= 11 is 3.38. The lowest BCUT2D eigenvalue weighted by molar-refractivity contribution is 0.247. The van der Waals surface area contributed by atoms with Crippen LogP contribution in [-0.4, -0.2) is 24.5 Å². The van der Waals surface area contributed by atoms with Crippen molar-refractivity contribution in [1.82, 2.24) is 4.90 Å². The Bertz CT molecular complexity index is 123. The normalized spacial score (nSPS) is 18.8. The number of likely N-dealkylation sites (tertiary alicyclic amines) is 1. The van der Waals surface area contributed by atoms with Gasteiger partial charge in [-0.15, -0.1) is 0 Å². The Morgan fingerprint density at radius 3 is 2.80 bits per heavy atom. The van der Waals surface area contributed by atoms with Gasteiger partial charge in [-0.05, 0) is 25.6 Å². The van der Waals surface area contributed by atoms with Gasteiger partial charge in [0.05, 0.1) is 0 Å². The molecule has 1 fully saturated rings. The Balaban J connectivity index is 2.03. The van der Waals surface area contributed by atoms with Gasteiger partial charge in [0.2, 0.25) is 0 Å². The van der Waals surface area contributed by atoms with Crippen LogP contribution in [0.2, 0.25) is 0 Å². The third kappa shape index (κ3) is 2.03. The molecule has 1 aliphatic rings. The molecule has 1 heterocycles. The van der Waals surface area contributed by atoms with Gasteiger partial charge >= 0.3 is 0 Å². The fourth-order valence-electron chi connectivity index (χ4n) is 1.16. The molecule has 0 atom stereocenters. The smallest absolute Gasteiger partial charge is 0.116 e. The van der Waals surface area contributed by atoms with Crippen LogP contribution in [0, 0.1) is 0 Å². The lowest BCUT2D eigenvalue weighted by Gasteiger charge is -2.32. The predicted octanol–water partition coefficient (Wildman–Crippen LogP) is 0.998. The first-order valence-electron chi connectivity index (χ1n) is 3.94. The third-order valence-corrected chi connectivity index (χ3v) is 2.29. The summed E-state index contributed by atoms with van der Waals surface area (Å²) < 4.78 is 0. The topological polar surface area (TPSA) is 3.24 Å². The van der Waals surface area contributed by atoms with Gasteiger partial charge in [0.1, 0.15) is 5.41 Å². The predicted molar refractivity (Wildman–Crippen MR) is 49.6 cm³/mol. The van der Waals surface area contributed by atoms with Crippen LogP contribution in [0.5, 0.6) is 0 Å². The van der Waals surface area contributed by atoms with Gasteiger partial charge in [-0.2, -0.15) is 0 Å². The standard InChI is InChI=1S/C8H15NS/c1-2-3-4-9-5-8(6-9)7-10/h7,10H,2-6H2,1H3/p+1. The second kappa shape index (κ2) is 4.04. The van der Waals surface area contributed by atoms with E-state index in [0.717, 1.165) is 0 Å². The maximum atomic E-state index is 3.38. The van der Waals surface area contributed by atoms with Crippen molar-refractivity contribution in [3.63, 3.8) is 0 Å². The molecule has 0 aromatic heterocycles. The molecule has 1 saturated heterocycles. The zero-order valence-corrected chi connectivity index (χ0v) is 7.56. The van der Waals surface area contributed by atoms with E-state index in [-0.39, 0.29) is 0 Å². The zero-order chi connectivity index (χ0) is 7.40. The average Bonchev–Trinajstić information content (AvgIpc) is 1.86. The summed E-state index contributed by atoms with van der Waals surface area (Å²) in [5.74, 6) is 0. The Kier molecular flexibility index (Phi) is 3.29. The first-order chi connectivity index (χ1) is 4.86. The molecule has 0 aliphatic carbocycles. The molecule has 0 aromatic rings. The zero-order valence-electron chi connectivity index (χ0n) is 6.56. The van der Waals surface area contributed by atoms with Crippen molar-refractivity contribution in [2.45, 2.75) is 19.8 Å². The molecule has 1 aliphatic heterocycles. The molecular weight excluding hydrogens is 142 g/mol. The third-order valence-electron chi connectivity index (χ3n) is 1.89. The highest BCUT2D eigenvalue weighted by Gasteiger charge is 2.19. The molecular formula is C8H16NS+. The van der Waals surface area contributed by atoms with E-state index in [4.69, 9.17) is 0 Å². The van der Waals surface area contributed by atoms with Gasteiger partial charge in [-0.25, -0.2) is 0 Å². The first kappa shape index (κ1) is 8.15. The van der Waals surface area contributed by atoms with Crippen molar-refractivity contribution >= 4 is 12.6 Å². The Morgan fingerprint density at radius 2 is 2.30 bits per heavy atom. The van der Waals surface area contributed by atoms with E-state index < -0.39 is 0 Å². The first-order valence-corrected chi connectivity index (χ1v) is 4.52. The van der Waals surface area contributed by atoms with E-state index in [1.165, 1.54) is 38.0 Å². The molecule has 1 nitrogen and oxygen atoms in total. The lowest BCUT2D eigenvalue weighted by Crippen LogP contribution is -2.40. The van der Waals surface area contributed by atoms with Gasteiger partial charge in [0.25, 0.3) is 0 Å². The molecule has 0 aromatic carbocycles. The summed E-state index contributed by atoms with van der Waals surface area (Å²) in [5, 5.41) is 2.04. The summed E-state index contributed by atoms with van der Waals surface area (Å²) in [7, 11) is 0. The average molecular weight is 158 g/mol. The van der Waals surface area contributed by atoms with Crippen molar-refractivity contribution in [2.75, 3.05) is 19.6 Å².